The maximum Gasteiger partial charge on any atom is 0.127 e. The molecule has 0 bridgehead atoms. The smallest absolute Gasteiger partial charge is 0.127 e. The van der Waals surface area contributed by atoms with E-state index in [-0.39, 0.29) is 0 Å². The first-order chi connectivity index (χ1) is 9.22. The molecule has 0 aliphatic rings. The van der Waals surface area contributed by atoms with Crippen LogP contribution in [0.1, 0.15) is 24.8 Å². The first-order valence-electron chi connectivity index (χ1n) is 6.56. The fraction of sp³-hybridized carbons (Fsp3) is 0.250. The van der Waals surface area contributed by atoms with Crippen molar-refractivity contribution >= 4 is 5.69 Å². The molecule has 1 atom stereocenters. The molecule has 0 aliphatic carbocycles. The van der Waals surface area contributed by atoms with Crippen molar-refractivity contribution in [1.29, 1.82) is 0 Å². The topological polar surface area (TPSA) is 61.3 Å². The number of nitrogen functional groups attached to an aromatic ring is 1. The van der Waals surface area contributed by atoms with E-state index in [1.54, 1.807) is 0 Å². The minimum Gasteiger partial charge on any atom is -0.457 e. The van der Waals surface area contributed by atoms with E-state index in [1.165, 1.54) is 5.56 Å². The van der Waals surface area contributed by atoms with E-state index in [4.69, 9.17) is 16.2 Å². The quantitative estimate of drug-likeness (QED) is 0.805. The summed E-state index contributed by atoms with van der Waals surface area (Å²) in [6, 6.07) is 15.5. The van der Waals surface area contributed by atoms with Crippen molar-refractivity contribution in [3.05, 3.63) is 54.1 Å². The van der Waals surface area contributed by atoms with Gasteiger partial charge >= 0.3 is 0 Å². The molecule has 19 heavy (non-hydrogen) atoms. The molecular formula is C16H20N2O. The van der Waals surface area contributed by atoms with Crippen molar-refractivity contribution in [2.45, 2.75) is 19.3 Å². The van der Waals surface area contributed by atoms with Gasteiger partial charge in [0, 0.05) is 5.69 Å². The molecule has 0 radical (unpaired) electrons. The second kappa shape index (κ2) is 6.25. The predicted octanol–water partition coefficient (Wildman–Crippen LogP) is 3.51. The van der Waals surface area contributed by atoms with Gasteiger partial charge in [-0.3, -0.25) is 0 Å². The third-order valence-corrected chi connectivity index (χ3v) is 3.24. The predicted molar refractivity (Wildman–Crippen MR) is 79.5 cm³/mol. The Hall–Kier alpha value is -2.00. The maximum absolute atomic E-state index is 5.75. The number of hydrogen-bond donors (Lipinski definition) is 2. The summed E-state index contributed by atoms with van der Waals surface area (Å²) in [7, 11) is 0. The molecule has 0 spiro atoms. The lowest BCUT2D eigenvalue weighted by atomic mass is 9.97. The standard InChI is InChI=1S/C16H20N2O/c1-2-12(11-17)13-3-7-15(8-4-13)19-16-9-5-14(18)6-10-16/h3-10,12H,2,11,17-18H2,1H3. The summed E-state index contributed by atoms with van der Waals surface area (Å²) in [4.78, 5) is 0. The van der Waals surface area contributed by atoms with Crippen LogP contribution in [0, 0.1) is 0 Å². The van der Waals surface area contributed by atoms with Gasteiger partial charge in [-0.2, -0.15) is 0 Å². The van der Waals surface area contributed by atoms with Crippen LogP contribution in [-0.2, 0) is 0 Å². The van der Waals surface area contributed by atoms with E-state index in [2.05, 4.69) is 19.1 Å². The van der Waals surface area contributed by atoms with Gasteiger partial charge in [0.15, 0.2) is 0 Å². The minimum absolute atomic E-state index is 0.422. The van der Waals surface area contributed by atoms with Gasteiger partial charge in [-0.25, -0.2) is 0 Å². The second-order valence-corrected chi connectivity index (χ2v) is 4.58. The zero-order valence-corrected chi connectivity index (χ0v) is 11.2. The Morgan fingerprint density at radius 1 is 0.947 bits per heavy atom. The van der Waals surface area contributed by atoms with Gasteiger partial charge in [-0.1, -0.05) is 19.1 Å². The first-order valence-corrected chi connectivity index (χ1v) is 6.56. The average molecular weight is 256 g/mol. The van der Waals surface area contributed by atoms with Crippen LogP contribution in [0.4, 0.5) is 5.69 Å². The molecule has 3 heteroatoms. The van der Waals surface area contributed by atoms with Crippen LogP contribution >= 0.6 is 0 Å². The normalized spacial score (nSPS) is 12.1. The van der Waals surface area contributed by atoms with E-state index < -0.39 is 0 Å². The van der Waals surface area contributed by atoms with Crippen LogP contribution < -0.4 is 16.2 Å². The molecule has 0 aliphatic heterocycles. The lowest BCUT2D eigenvalue weighted by Gasteiger charge is -2.13. The number of benzene rings is 2. The summed E-state index contributed by atoms with van der Waals surface area (Å²) in [5.41, 5.74) is 13.4. The summed E-state index contributed by atoms with van der Waals surface area (Å²) in [6.45, 7) is 2.82. The molecule has 0 heterocycles. The monoisotopic (exact) mass is 256 g/mol. The first kappa shape index (κ1) is 13.4. The van der Waals surface area contributed by atoms with Gasteiger partial charge in [-0.05, 0) is 60.8 Å². The Balaban J connectivity index is 2.08. The van der Waals surface area contributed by atoms with Crippen LogP contribution in [-0.4, -0.2) is 6.54 Å². The summed E-state index contributed by atoms with van der Waals surface area (Å²) in [5.74, 6) is 2.03. The summed E-state index contributed by atoms with van der Waals surface area (Å²) < 4.78 is 5.75. The van der Waals surface area contributed by atoms with Crippen LogP contribution in [0.15, 0.2) is 48.5 Å². The molecule has 1 unspecified atom stereocenters. The van der Waals surface area contributed by atoms with Crippen LogP contribution in [0.2, 0.25) is 0 Å². The third-order valence-electron chi connectivity index (χ3n) is 3.24. The highest BCUT2D eigenvalue weighted by Crippen LogP contribution is 2.25. The van der Waals surface area contributed by atoms with Gasteiger partial charge in [0.1, 0.15) is 11.5 Å². The molecule has 100 valence electrons. The Labute approximate surface area is 114 Å². The fourth-order valence-electron chi connectivity index (χ4n) is 2.02. The molecule has 2 aromatic carbocycles. The number of nitrogens with two attached hydrogens (primary N) is 2. The summed E-state index contributed by atoms with van der Waals surface area (Å²) in [5, 5.41) is 0. The largest absolute Gasteiger partial charge is 0.457 e. The SMILES string of the molecule is CCC(CN)c1ccc(Oc2ccc(N)cc2)cc1. The van der Waals surface area contributed by atoms with Crippen molar-refractivity contribution in [2.75, 3.05) is 12.3 Å². The molecule has 0 amide bonds. The molecule has 2 aromatic rings. The zero-order valence-electron chi connectivity index (χ0n) is 11.2. The van der Waals surface area contributed by atoms with Crippen LogP contribution in [0.25, 0.3) is 0 Å². The summed E-state index contributed by atoms with van der Waals surface area (Å²) >= 11 is 0. The molecule has 0 saturated heterocycles. The highest BCUT2D eigenvalue weighted by Gasteiger charge is 2.07. The molecule has 0 fully saturated rings. The number of hydrogen-bond acceptors (Lipinski definition) is 3. The lowest BCUT2D eigenvalue weighted by molar-refractivity contribution is 0.482. The van der Waals surface area contributed by atoms with Gasteiger partial charge in [0.2, 0.25) is 0 Å². The number of ether oxygens (including phenoxy) is 1. The average Bonchev–Trinajstić information content (AvgIpc) is 2.44. The zero-order chi connectivity index (χ0) is 13.7. The van der Waals surface area contributed by atoms with Crippen molar-refractivity contribution < 1.29 is 4.74 Å². The third kappa shape index (κ3) is 3.48. The van der Waals surface area contributed by atoms with Crippen molar-refractivity contribution in [3.63, 3.8) is 0 Å². The summed E-state index contributed by atoms with van der Waals surface area (Å²) in [6.07, 6.45) is 1.05. The van der Waals surface area contributed by atoms with Crippen molar-refractivity contribution in [2.24, 2.45) is 5.73 Å². The van der Waals surface area contributed by atoms with E-state index in [0.29, 0.717) is 12.5 Å². The molecular weight excluding hydrogens is 236 g/mol. The molecule has 4 N–H and O–H groups in total. The Morgan fingerprint density at radius 2 is 1.47 bits per heavy atom. The highest BCUT2D eigenvalue weighted by atomic mass is 16.5. The molecule has 2 rings (SSSR count). The number of rotatable bonds is 5. The van der Waals surface area contributed by atoms with Gasteiger partial charge in [0.25, 0.3) is 0 Å². The van der Waals surface area contributed by atoms with Gasteiger partial charge < -0.3 is 16.2 Å². The Morgan fingerprint density at radius 3 is 1.95 bits per heavy atom. The van der Waals surface area contributed by atoms with Crippen LogP contribution in [0.5, 0.6) is 11.5 Å². The van der Waals surface area contributed by atoms with Gasteiger partial charge in [0.05, 0.1) is 0 Å². The fourth-order valence-corrected chi connectivity index (χ4v) is 2.02. The van der Waals surface area contributed by atoms with E-state index in [1.807, 2.05) is 36.4 Å². The maximum atomic E-state index is 5.75. The lowest BCUT2D eigenvalue weighted by Crippen LogP contribution is -2.11. The molecule has 0 saturated carbocycles. The van der Waals surface area contributed by atoms with Crippen LogP contribution in [0.3, 0.4) is 0 Å². The van der Waals surface area contributed by atoms with E-state index in [9.17, 15) is 0 Å². The Bertz CT molecular complexity index is 501. The van der Waals surface area contributed by atoms with Crippen molar-refractivity contribution in [3.8, 4) is 11.5 Å². The van der Waals surface area contributed by atoms with E-state index >= 15 is 0 Å². The molecule has 0 aromatic heterocycles. The highest BCUT2D eigenvalue weighted by molar-refractivity contribution is 5.43. The van der Waals surface area contributed by atoms with E-state index in [0.717, 1.165) is 23.6 Å². The van der Waals surface area contributed by atoms with Crippen molar-refractivity contribution in [1.82, 2.24) is 0 Å². The molecule has 3 nitrogen and oxygen atoms in total. The minimum atomic E-state index is 0.422. The second-order valence-electron chi connectivity index (χ2n) is 4.58. The number of anilines is 1. The van der Waals surface area contributed by atoms with Gasteiger partial charge in [-0.15, -0.1) is 0 Å². The Kier molecular flexibility index (Phi) is 4.42.